The molecule has 8 rings (SSSR count). The van der Waals surface area contributed by atoms with Crippen LogP contribution in [0.2, 0.25) is 0 Å². The number of hydrogen-bond donors (Lipinski definition) is 0. The van der Waals surface area contributed by atoms with Gasteiger partial charge in [0.05, 0.1) is 11.4 Å². The Hall–Kier alpha value is -5.60. The predicted molar refractivity (Wildman–Crippen MR) is 203 cm³/mol. The molecule has 2 heteroatoms. The van der Waals surface area contributed by atoms with Crippen LogP contribution in [0.5, 0.6) is 0 Å². The lowest BCUT2D eigenvalue weighted by Crippen LogP contribution is -2.13. The average molecular weight is 607 g/mol. The van der Waals surface area contributed by atoms with Gasteiger partial charge in [-0.15, -0.1) is 0 Å². The van der Waals surface area contributed by atoms with Gasteiger partial charge >= 0.3 is 0 Å². The largest absolute Gasteiger partial charge is 0.310 e. The Labute approximate surface area is 277 Å². The number of anilines is 6. The smallest absolute Gasteiger partial charge is 0.0543 e. The Morgan fingerprint density at radius 3 is 1.45 bits per heavy atom. The van der Waals surface area contributed by atoms with Crippen LogP contribution in [0.3, 0.4) is 0 Å². The molecule has 0 aliphatic carbocycles. The van der Waals surface area contributed by atoms with E-state index in [1.54, 1.807) is 0 Å². The zero-order valence-corrected chi connectivity index (χ0v) is 27.4. The second-order valence-corrected chi connectivity index (χ2v) is 12.9. The molecule has 0 atom stereocenters. The number of rotatable bonds is 7. The van der Waals surface area contributed by atoms with E-state index in [1.807, 2.05) is 0 Å². The Balaban J connectivity index is 1.48. The lowest BCUT2D eigenvalue weighted by Gasteiger charge is -2.31. The molecule has 0 aromatic heterocycles. The molecule has 0 radical (unpaired) electrons. The molecule has 2 nitrogen and oxygen atoms in total. The molecule has 0 aliphatic heterocycles. The first-order valence-electron chi connectivity index (χ1n) is 16.6. The van der Waals surface area contributed by atoms with Crippen LogP contribution in [0, 0.1) is 13.8 Å². The maximum Gasteiger partial charge on any atom is 0.0543 e. The molecular weight excluding hydrogens is 569 g/mol. The summed E-state index contributed by atoms with van der Waals surface area (Å²) < 4.78 is 0. The van der Waals surface area contributed by atoms with Crippen LogP contribution in [0.1, 0.15) is 36.5 Å². The molecule has 0 aliphatic rings. The van der Waals surface area contributed by atoms with Crippen molar-refractivity contribution in [2.75, 3.05) is 9.80 Å². The zero-order valence-electron chi connectivity index (χ0n) is 27.4. The van der Waals surface area contributed by atoms with Crippen LogP contribution in [0.4, 0.5) is 34.1 Å². The van der Waals surface area contributed by atoms with Gasteiger partial charge in [-0.2, -0.15) is 0 Å². The fourth-order valence-electron chi connectivity index (χ4n) is 7.35. The Morgan fingerprint density at radius 2 is 0.872 bits per heavy atom. The minimum absolute atomic E-state index is 0.347. The SMILES string of the molecule is Cc1ccccc1N(c1ccccc1)c1ccc2ccc3c(N(c4ccccc4)c4ccccc4C)cc(C(C)C)c4ccc1c2c43. The summed E-state index contributed by atoms with van der Waals surface area (Å²) in [6.07, 6.45) is 0. The molecule has 0 bridgehead atoms. The highest BCUT2D eigenvalue weighted by Crippen LogP contribution is 2.49. The summed E-state index contributed by atoms with van der Waals surface area (Å²) in [4.78, 5) is 4.88. The lowest BCUT2D eigenvalue weighted by atomic mass is 9.86. The highest BCUT2D eigenvalue weighted by atomic mass is 15.2. The first kappa shape index (κ1) is 28.8. The second kappa shape index (κ2) is 11.6. The molecule has 0 unspecified atom stereocenters. The van der Waals surface area contributed by atoms with Crippen molar-refractivity contribution < 1.29 is 0 Å². The van der Waals surface area contributed by atoms with Crippen LogP contribution in [-0.2, 0) is 0 Å². The highest BCUT2D eigenvalue weighted by molar-refractivity contribution is 6.28. The Morgan fingerprint density at radius 1 is 0.404 bits per heavy atom. The van der Waals surface area contributed by atoms with Gasteiger partial charge in [0.15, 0.2) is 0 Å². The normalized spacial score (nSPS) is 11.6. The monoisotopic (exact) mass is 606 g/mol. The van der Waals surface area contributed by atoms with Crippen molar-refractivity contribution in [3.63, 3.8) is 0 Å². The van der Waals surface area contributed by atoms with Crippen LogP contribution < -0.4 is 9.80 Å². The summed E-state index contributed by atoms with van der Waals surface area (Å²) in [5, 5.41) is 7.74. The van der Waals surface area contributed by atoms with E-state index in [0.29, 0.717) is 5.92 Å². The third-order valence-electron chi connectivity index (χ3n) is 9.61. The fraction of sp³-hybridized carbons (Fsp3) is 0.111. The first-order chi connectivity index (χ1) is 23.0. The van der Waals surface area contributed by atoms with Gasteiger partial charge in [0.25, 0.3) is 0 Å². The summed E-state index contributed by atoms with van der Waals surface area (Å²) >= 11 is 0. The average Bonchev–Trinajstić information content (AvgIpc) is 3.10. The number of benzene rings is 8. The summed E-state index contributed by atoms with van der Waals surface area (Å²) in [7, 11) is 0. The third-order valence-corrected chi connectivity index (χ3v) is 9.61. The number of para-hydroxylation sites is 4. The van der Waals surface area contributed by atoms with Gasteiger partial charge in [-0.1, -0.05) is 117 Å². The number of aryl methyl sites for hydroxylation is 2. The van der Waals surface area contributed by atoms with Crippen molar-refractivity contribution in [3.8, 4) is 0 Å². The van der Waals surface area contributed by atoms with Gasteiger partial charge in [-0.05, 0) is 107 Å². The number of nitrogens with zero attached hydrogens (tertiary/aromatic N) is 2. The van der Waals surface area contributed by atoms with Crippen LogP contribution in [0.15, 0.2) is 152 Å². The third kappa shape index (κ3) is 4.80. The van der Waals surface area contributed by atoms with Crippen molar-refractivity contribution in [2.24, 2.45) is 0 Å². The molecule has 0 saturated heterocycles. The van der Waals surface area contributed by atoms with E-state index >= 15 is 0 Å². The molecule has 228 valence electrons. The molecule has 0 spiro atoms. The molecule has 47 heavy (non-hydrogen) atoms. The highest BCUT2D eigenvalue weighted by Gasteiger charge is 2.24. The van der Waals surface area contributed by atoms with Gasteiger partial charge in [0.1, 0.15) is 0 Å². The summed E-state index contributed by atoms with van der Waals surface area (Å²) in [6, 6.07) is 55.4. The molecule has 0 amide bonds. The predicted octanol–water partition coefficient (Wildman–Crippen LogP) is 13.3. The summed E-state index contributed by atoms with van der Waals surface area (Å²) in [5.41, 5.74) is 10.9. The van der Waals surface area contributed by atoms with E-state index < -0.39 is 0 Å². The first-order valence-corrected chi connectivity index (χ1v) is 16.6. The van der Waals surface area contributed by atoms with Gasteiger partial charge in [-0.25, -0.2) is 0 Å². The zero-order chi connectivity index (χ0) is 32.1. The van der Waals surface area contributed by atoms with E-state index in [1.165, 1.54) is 71.8 Å². The maximum atomic E-state index is 2.46. The van der Waals surface area contributed by atoms with Crippen LogP contribution in [-0.4, -0.2) is 0 Å². The van der Waals surface area contributed by atoms with E-state index in [0.717, 1.165) is 11.4 Å². The van der Waals surface area contributed by atoms with Crippen molar-refractivity contribution >= 4 is 66.4 Å². The van der Waals surface area contributed by atoms with Crippen molar-refractivity contribution in [3.05, 3.63) is 168 Å². The summed E-state index contributed by atoms with van der Waals surface area (Å²) in [6.45, 7) is 9.04. The Kier molecular flexibility index (Phi) is 7.14. The Bertz CT molecular complexity index is 2360. The molecular formula is C45H38N2. The van der Waals surface area contributed by atoms with Gasteiger partial charge in [0.2, 0.25) is 0 Å². The van der Waals surface area contributed by atoms with Crippen molar-refractivity contribution in [1.82, 2.24) is 0 Å². The van der Waals surface area contributed by atoms with Crippen molar-refractivity contribution in [1.29, 1.82) is 0 Å². The maximum absolute atomic E-state index is 2.46. The van der Waals surface area contributed by atoms with Gasteiger partial charge in [0, 0.05) is 33.5 Å². The molecule has 8 aromatic rings. The molecule has 0 saturated carbocycles. The topological polar surface area (TPSA) is 6.48 Å². The lowest BCUT2D eigenvalue weighted by molar-refractivity contribution is 0.876. The van der Waals surface area contributed by atoms with Crippen LogP contribution >= 0.6 is 0 Å². The van der Waals surface area contributed by atoms with E-state index in [2.05, 4.69) is 189 Å². The quantitative estimate of drug-likeness (QED) is 0.167. The van der Waals surface area contributed by atoms with E-state index in [4.69, 9.17) is 0 Å². The van der Waals surface area contributed by atoms with Gasteiger partial charge in [-0.3, -0.25) is 0 Å². The number of hydrogen-bond acceptors (Lipinski definition) is 2. The second-order valence-electron chi connectivity index (χ2n) is 12.9. The minimum atomic E-state index is 0.347. The van der Waals surface area contributed by atoms with Crippen molar-refractivity contribution in [2.45, 2.75) is 33.6 Å². The fourth-order valence-corrected chi connectivity index (χ4v) is 7.35. The van der Waals surface area contributed by atoms with E-state index in [9.17, 15) is 0 Å². The van der Waals surface area contributed by atoms with Gasteiger partial charge < -0.3 is 9.80 Å². The van der Waals surface area contributed by atoms with Crippen LogP contribution in [0.25, 0.3) is 32.3 Å². The molecule has 8 aromatic carbocycles. The minimum Gasteiger partial charge on any atom is -0.310 e. The standard InChI is InChI=1S/C45H38N2/c1-30(2)39-29-43(47(35-19-9-6-10-20-35)41-22-14-12-16-32(41)4)38-25-23-33-24-28-42(37-27-26-36(39)45(38)44(33)37)46(34-17-7-5-8-18-34)40-21-13-11-15-31(40)3/h5-30H,1-4H3. The molecule has 0 heterocycles. The molecule has 0 N–H and O–H groups in total. The van der Waals surface area contributed by atoms with E-state index in [-0.39, 0.29) is 0 Å². The summed E-state index contributed by atoms with van der Waals surface area (Å²) in [5.74, 6) is 0.347. The molecule has 0 fully saturated rings.